The van der Waals surface area contributed by atoms with E-state index < -0.39 is 30.6 Å². The van der Waals surface area contributed by atoms with Crippen LogP contribution < -0.4 is 0 Å². The Morgan fingerprint density at radius 2 is 2.00 bits per heavy atom. The van der Waals surface area contributed by atoms with Crippen LogP contribution in [-0.4, -0.2) is 23.4 Å². The number of rotatable bonds is 3. The van der Waals surface area contributed by atoms with E-state index in [0.717, 1.165) is 0 Å². The molecule has 0 aromatic carbocycles. The molecule has 0 radical (unpaired) electrons. The van der Waals surface area contributed by atoms with Gasteiger partial charge in [-0.25, -0.2) is 4.79 Å². The van der Waals surface area contributed by atoms with Crippen LogP contribution in [0, 0.1) is 5.92 Å². The average Bonchev–Trinajstić information content (AvgIpc) is 1.96. The molecule has 0 fully saturated rings. The van der Waals surface area contributed by atoms with E-state index in [1.54, 1.807) is 0 Å². The van der Waals surface area contributed by atoms with Gasteiger partial charge >= 0.3 is 18.3 Å². The van der Waals surface area contributed by atoms with Gasteiger partial charge < -0.3 is 9.84 Å². The zero-order valence-electron chi connectivity index (χ0n) is 6.87. The summed E-state index contributed by atoms with van der Waals surface area (Å²) in [5, 5.41) is 7.97. The Balaban J connectivity index is 4.34. The zero-order valence-corrected chi connectivity index (χ0v) is 6.87. The summed E-state index contributed by atoms with van der Waals surface area (Å²) in [6.07, 6.45) is -7.30. The lowest BCUT2D eigenvalue weighted by Gasteiger charge is -2.11. The maximum absolute atomic E-state index is 11.8. The normalized spacial score (nSPS) is 13.1. The molecule has 0 amide bonds. The molecule has 0 rings (SSSR count). The second kappa shape index (κ2) is 4.64. The van der Waals surface area contributed by atoms with Gasteiger partial charge in [0.05, 0.1) is 12.3 Å². The van der Waals surface area contributed by atoms with Crippen LogP contribution >= 0.6 is 0 Å². The molecular formula is C7H7F3O4. The van der Waals surface area contributed by atoms with E-state index in [-0.39, 0.29) is 0 Å². The lowest BCUT2D eigenvalue weighted by Crippen LogP contribution is -2.24. The van der Waals surface area contributed by atoms with Gasteiger partial charge in [0, 0.05) is 0 Å². The van der Waals surface area contributed by atoms with Gasteiger partial charge in [-0.1, -0.05) is 6.08 Å². The van der Waals surface area contributed by atoms with E-state index in [0.29, 0.717) is 6.08 Å². The molecule has 80 valence electrons. The van der Waals surface area contributed by atoms with Crippen molar-refractivity contribution in [1.29, 1.82) is 0 Å². The summed E-state index contributed by atoms with van der Waals surface area (Å²) in [6, 6.07) is 0. The predicted octanol–water partition coefficient (Wildman–Crippen LogP) is 1.96. The van der Waals surface area contributed by atoms with Crippen LogP contribution in [0.4, 0.5) is 18.0 Å². The quantitative estimate of drug-likeness (QED) is 0.441. The van der Waals surface area contributed by atoms with Gasteiger partial charge in [0.1, 0.15) is 0 Å². The van der Waals surface area contributed by atoms with Crippen LogP contribution in [0.1, 0.15) is 6.42 Å². The number of esters is 1. The number of carbonyl (C=O) groups is 2. The molecule has 7 heteroatoms. The Kier molecular flexibility index (Phi) is 4.13. The molecule has 1 N–H and O–H groups in total. The third-order valence-electron chi connectivity index (χ3n) is 1.23. The molecule has 0 aliphatic carbocycles. The van der Waals surface area contributed by atoms with E-state index in [1.807, 2.05) is 0 Å². The van der Waals surface area contributed by atoms with Gasteiger partial charge in [-0.2, -0.15) is 13.2 Å². The second-order valence-corrected chi connectivity index (χ2v) is 2.35. The summed E-state index contributed by atoms with van der Waals surface area (Å²) < 4.78 is 38.9. The summed E-state index contributed by atoms with van der Waals surface area (Å²) in [4.78, 5) is 20.5. The van der Waals surface area contributed by atoms with Gasteiger partial charge in [-0.3, -0.25) is 4.79 Å². The molecule has 0 aromatic rings. The smallest absolute Gasteiger partial charge is 0.449 e. The van der Waals surface area contributed by atoms with Crippen LogP contribution in [0.2, 0.25) is 0 Å². The average molecular weight is 212 g/mol. The topological polar surface area (TPSA) is 63.6 Å². The van der Waals surface area contributed by atoms with Crippen molar-refractivity contribution in [3.63, 3.8) is 0 Å². The van der Waals surface area contributed by atoms with E-state index in [4.69, 9.17) is 5.11 Å². The van der Waals surface area contributed by atoms with Crippen LogP contribution in [0.5, 0.6) is 0 Å². The third kappa shape index (κ3) is 5.18. The van der Waals surface area contributed by atoms with Crippen LogP contribution in [0.3, 0.4) is 0 Å². The van der Waals surface area contributed by atoms with Crippen LogP contribution in [-0.2, 0) is 9.53 Å². The molecule has 1 atom stereocenters. The minimum absolute atomic E-state index is 0.693. The first kappa shape index (κ1) is 12.5. The highest BCUT2D eigenvalue weighted by Gasteiger charge is 2.35. The number of carboxylic acid groups (broad SMARTS) is 1. The summed E-state index contributed by atoms with van der Waals surface area (Å²) in [5.74, 6) is -3.17. The molecule has 0 aliphatic rings. The fourth-order valence-corrected chi connectivity index (χ4v) is 0.674. The SMILES string of the molecule is C=CC(CC(F)(F)F)C(=O)OC(=O)O. The monoisotopic (exact) mass is 212 g/mol. The highest BCUT2D eigenvalue weighted by atomic mass is 19.4. The minimum atomic E-state index is -4.57. The Morgan fingerprint density at radius 1 is 1.50 bits per heavy atom. The number of carbonyl (C=O) groups excluding carboxylic acids is 1. The molecule has 1 unspecified atom stereocenters. The van der Waals surface area contributed by atoms with Crippen molar-refractivity contribution in [2.24, 2.45) is 5.92 Å². The first-order valence-corrected chi connectivity index (χ1v) is 3.40. The van der Waals surface area contributed by atoms with Crippen molar-refractivity contribution >= 4 is 12.1 Å². The fraction of sp³-hybridized carbons (Fsp3) is 0.429. The summed E-state index contributed by atoms with van der Waals surface area (Å²) in [7, 11) is 0. The third-order valence-corrected chi connectivity index (χ3v) is 1.23. The van der Waals surface area contributed by atoms with Crippen molar-refractivity contribution in [2.75, 3.05) is 0 Å². The van der Waals surface area contributed by atoms with Crippen LogP contribution in [0.25, 0.3) is 0 Å². The maximum atomic E-state index is 11.8. The van der Waals surface area contributed by atoms with E-state index >= 15 is 0 Å². The second-order valence-electron chi connectivity index (χ2n) is 2.35. The van der Waals surface area contributed by atoms with Crippen LogP contribution in [0.15, 0.2) is 12.7 Å². The Morgan fingerprint density at radius 3 is 2.29 bits per heavy atom. The van der Waals surface area contributed by atoms with Gasteiger partial charge in [0.25, 0.3) is 0 Å². The van der Waals surface area contributed by atoms with Gasteiger partial charge in [-0.15, -0.1) is 6.58 Å². The lowest BCUT2D eigenvalue weighted by molar-refractivity contribution is -0.161. The fourth-order valence-electron chi connectivity index (χ4n) is 0.674. The van der Waals surface area contributed by atoms with Crippen molar-refractivity contribution in [1.82, 2.24) is 0 Å². The summed E-state index contributed by atoms with van der Waals surface area (Å²) in [6.45, 7) is 2.98. The first-order valence-electron chi connectivity index (χ1n) is 3.40. The molecule has 0 saturated carbocycles. The number of ether oxygens (including phenoxy) is 1. The zero-order chi connectivity index (χ0) is 11.4. The highest BCUT2D eigenvalue weighted by Crippen LogP contribution is 2.26. The van der Waals surface area contributed by atoms with E-state index in [1.165, 1.54) is 0 Å². The van der Waals surface area contributed by atoms with Crippen molar-refractivity contribution in [3.05, 3.63) is 12.7 Å². The number of hydrogen-bond donors (Lipinski definition) is 1. The largest absolute Gasteiger partial charge is 0.513 e. The van der Waals surface area contributed by atoms with Gasteiger partial charge in [0.2, 0.25) is 0 Å². The molecule has 4 nitrogen and oxygen atoms in total. The molecular weight excluding hydrogens is 205 g/mol. The lowest BCUT2D eigenvalue weighted by atomic mass is 10.1. The highest BCUT2D eigenvalue weighted by molar-refractivity contribution is 5.83. The van der Waals surface area contributed by atoms with Crippen molar-refractivity contribution in [3.8, 4) is 0 Å². The van der Waals surface area contributed by atoms with Crippen molar-refractivity contribution < 1.29 is 32.6 Å². The van der Waals surface area contributed by atoms with Gasteiger partial charge in [-0.05, 0) is 0 Å². The molecule has 0 spiro atoms. The molecule has 0 heterocycles. The molecule has 0 aromatic heterocycles. The molecule has 0 saturated heterocycles. The molecule has 14 heavy (non-hydrogen) atoms. The molecule has 0 bridgehead atoms. The first-order chi connectivity index (χ1) is 6.26. The standard InChI is InChI=1S/C7H7F3O4/c1-2-4(3-7(8,9)10)5(11)14-6(12)13/h2,4H,1,3H2,(H,12,13). The predicted molar refractivity (Wildman–Crippen MR) is 38.5 cm³/mol. The van der Waals surface area contributed by atoms with Gasteiger partial charge in [0.15, 0.2) is 0 Å². The maximum Gasteiger partial charge on any atom is 0.513 e. The summed E-state index contributed by atoms with van der Waals surface area (Å²) >= 11 is 0. The Labute approximate surface area is 77.0 Å². The van der Waals surface area contributed by atoms with E-state index in [9.17, 15) is 22.8 Å². The minimum Gasteiger partial charge on any atom is -0.449 e. The molecule has 0 aliphatic heterocycles. The number of alkyl halides is 3. The Bertz CT molecular complexity index is 246. The summed E-state index contributed by atoms with van der Waals surface area (Å²) in [5.41, 5.74) is 0. The van der Waals surface area contributed by atoms with Crippen molar-refractivity contribution in [2.45, 2.75) is 12.6 Å². The number of hydrogen-bond acceptors (Lipinski definition) is 3. The Hall–Kier alpha value is -1.53. The van der Waals surface area contributed by atoms with E-state index in [2.05, 4.69) is 11.3 Å². The number of halogens is 3.